The molecule has 7 heteroatoms. The maximum atomic E-state index is 9.29. The first-order chi connectivity index (χ1) is 14.9. The lowest BCUT2D eigenvalue weighted by atomic mass is 9.93. The van der Waals surface area contributed by atoms with E-state index in [2.05, 4.69) is 80.7 Å². The molecule has 1 fully saturated rings. The maximum absolute atomic E-state index is 9.29. The Bertz CT molecular complexity index is 865. The van der Waals surface area contributed by atoms with Crippen LogP contribution < -0.4 is 4.74 Å². The van der Waals surface area contributed by atoms with Crippen LogP contribution in [0.15, 0.2) is 18.2 Å². The van der Waals surface area contributed by atoms with Crippen LogP contribution in [0.4, 0.5) is 0 Å². The molecule has 1 aliphatic heterocycles. The van der Waals surface area contributed by atoms with E-state index in [0.29, 0.717) is 17.7 Å². The van der Waals surface area contributed by atoms with Crippen molar-refractivity contribution < 1.29 is 18.3 Å². The summed E-state index contributed by atoms with van der Waals surface area (Å²) in [5.74, 6) is 0.682. The Morgan fingerprint density at radius 2 is 1.52 bits per heavy atom. The van der Waals surface area contributed by atoms with E-state index < -0.39 is 16.6 Å². The van der Waals surface area contributed by atoms with Gasteiger partial charge in [-0.1, -0.05) is 47.6 Å². The highest BCUT2D eigenvalue weighted by atomic mass is 28.4. The molecule has 1 aromatic rings. The van der Waals surface area contributed by atoms with Crippen molar-refractivity contribution in [3.63, 3.8) is 0 Å². The second-order valence-corrected chi connectivity index (χ2v) is 21.9. The summed E-state index contributed by atoms with van der Waals surface area (Å²) in [5.41, 5.74) is 1.53. The Morgan fingerprint density at radius 1 is 0.970 bits per heavy atom. The van der Waals surface area contributed by atoms with Gasteiger partial charge in [-0.15, -0.1) is 0 Å². The molecule has 0 amide bonds. The third-order valence-corrected chi connectivity index (χ3v) is 16.8. The lowest BCUT2D eigenvalue weighted by Gasteiger charge is -2.50. The summed E-state index contributed by atoms with van der Waals surface area (Å²) in [4.78, 5) is 0. The Kier molecular flexibility index (Phi) is 8.36. The first kappa shape index (κ1) is 28.1. The first-order valence-electron chi connectivity index (χ1n) is 12.0. The highest BCUT2D eigenvalue weighted by Gasteiger charge is 2.49. The molecule has 0 aromatic heterocycles. The fraction of sp³-hybridized carbons (Fsp3) is 0.731. The van der Waals surface area contributed by atoms with Crippen LogP contribution in [-0.2, 0) is 13.6 Å². The summed E-state index contributed by atoms with van der Waals surface area (Å²) in [5, 5.41) is 9.48. The predicted molar refractivity (Wildman–Crippen MR) is 140 cm³/mol. The van der Waals surface area contributed by atoms with Crippen molar-refractivity contribution in [3.8, 4) is 11.8 Å². The third-order valence-electron chi connectivity index (χ3n) is 7.85. The molecule has 1 aliphatic rings. The van der Waals surface area contributed by atoms with Gasteiger partial charge in [-0.25, -0.2) is 0 Å². The van der Waals surface area contributed by atoms with Crippen molar-refractivity contribution in [3.05, 3.63) is 29.3 Å². The van der Waals surface area contributed by atoms with Crippen LogP contribution in [0.25, 0.3) is 0 Å². The average molecular weight is 492 g/mol. The minimum atomic E-state index is -2.05. The summed E-state index contributed by atoms with van der Waals surface area (Å²) in [6.07, 6.45) is 0.178. The van der Waals surface area contributed by atoms with Gasteiger partial charge >= 0.3 is 0 Å². The molecule has 0 radical (unpaired) electrons. The van der Waals surface area contributed by atoms with Crippen molar-refractivity contribution >= 4 is 16.6 Å². The molecule has 1 saturated heterocycles. The van der Waals surface area contributed by atoms with E-state index in [1.54, 1.807) is 13.2 Å². The van der Waals surface area contributed by atoms with Crippen LogP contribution in [-0.4, -0.2) is 42.1 Å². The van der Waals surface area contributed by atoms with Crippen LogP contribution in [0.1, 0.15) is 72.1 Å². The minimum absolute atomic E-state index is 0.0749. The fourth-order valence-corrected chi connectivity index (χ4v) is 6.36. The van der Waals surface area contributed by atoms with Crippen molar-refractivity contribution in [2.24, 2.45) is 0 Å². The van der Waals surface area contributed by atoms with Gasteiger partial charge in [0.2, 0.25) is 0 Å². The quantitative estimate of drug-likeness (QED) is 0.394. The summed E-state index contributed by atoms with van der Waals surface area (Å²) >= 11 is 0. The zero-order valence-electron chi connectivity index (χ0n) is 22.8. The summed E-state index contributed by atoms with van der Waals surface area (Å²) in [6, 6.07) is 7.75. The largest absolute Gasteiger partial charge is 0.496 e. The monoisotopic (exact) mass is 491 g/mol. The van der Waals surface area contributed by atoms with E-state index in [4.69, 9.17) is 18.3 Å². The Balaban J connectivity index is 2.45. The van der Waals surface area contributed by atoms with Crippen LogP contribution >= 0.6 is 0 Å². The van der Waals surface area contributed by atoms with Gasteiger partial charge in [0, 0.05) is 12.0 Å². The van der Waals surface area contributed by atoms with Crippen molar-refractivity contribution in [2.45, 2.75) is 116 Å². The molecular weight excluding hydrogens is 446 g/mol. The highest BCUT2D eigenvalue weighted by molar-refractivity contribution is 6.74. The molecule has 1 heterocycles. The number of ether oxygens (including phenoxy) is 2. The van der Waals surface area contributed by atoms with Gasteiger partial charge in [-0.05, 0) is 55.3 Å². The molecule has 186 valence electrons. The number of hydrogen-bond acceptors (Lipinski definition) is 5. The molecule has 0 bridgehead atoms. The lowest BCUT2D eigenvalue weighted by Crippen LogP contribution is -2.57. The van der Waals surface area contributed by atoms with Gasteiger partial charge in [0.1, 0.15) is 5.75 Å². The average Bonchev–Trinajstić information content (AvgIpc) is 2.67. The topological polar surface area (TPSA) is 60.7 Å². The van der Waals surface area contributed by atoms with Crippen LogP contribution in [0.5, 0.6) is 5.75 Å². The molecule has 0 saturated carbocycles. The zero-order chi connectivity index (χ0) is 25.4. The Labute approximate surface area is 204 Å². The molecule has 33 heavy (non-hydrogen) atoms. The molecule has 2 rings (SSSR count). The van der Waals surface area contributed by atoms with Crippen molar-refractivity contribution in [1.82, 2.24) is 0 Å². The van der Waals surface area contributed by atoms with Crippen molar-refractivity contribution in [1.29, 1.82) is 5.26 Å². The van der Waals surface area contributed by atoms with Gasteiger partial charge in [0.25, 0.3) is 0 Å². The number of methoxy groups -OCH3 is 1. The molecule has 0 spiro atoms. The van der Waals surface area contributed by atoms with Gasteiger partial charge in [-0.2, -0.15) is 5.26 Å². The highest BCUT2D eigenvalue weighted by Crippen LogP contribution is 2.45. The van der Waals surface area contributed by atoms with Gasteiger partial charge in [0.05, 0.1) is 43.2 Å². The number of hydrogen-bond donors (Lipinski definition) is 0. The van der Waals surface area contributed by atoms with E-state index in [9.17, 15) is 5.26 Å². The number of nitrogens with zero attached hydrogens (tertiary/aromatic N) is 1. The number of benzene rings is 1. The molecule has 0 unspecified atom stereocenters. The molecule has 0 aliphatic carbocycles. The Hall–Kier alpha value is -1.18. The molecule has 0 N–H and O–H groups in total. The zero-order valence-corrected chi connectivity index (χ0v) is 24.8. The normalized spacial score (nSPS) is 24.9. The van der Waals surface area contributed by atoms with Crippen molar-refractivity contribution in [2.75, 3.05) is 7.11 Å². The summed E-state index contributed by atoms with van der Waals surface area (Å²) in [6.45, 7) is 24.9. The van der Waals surface area contributed by atoms with E-state index in [0.717, 1.165) is 5.56 Å². The van der Waals surface area contributed by atoms with E-state index >= 15 is 0 Å². The fourth-order valence-electron chi connectivity index (χ4n) is 3.65. The molecular formula is C26H45NO4Si2. The lowest BCUT2D eigenvalue weighted by molar-refractivity contribution is -0.154. The second kappa shape index (κ2) is 9.83. The van der Waals surface area contributed by atoms with Crippen LogP contribution in [0.2, 0.25) is 36.3 Å². The van der Waals surface area contributed by atoms with Gasteiger partial charge < -0.3 is 18.3 Å². The molecule has 1 aromatic carbocycles. The standard InChI is InChI=1S/C26H45NO4Si2/c1-18-24(31-33(11,12)26(5,6)7)23(30-32(9,10)25(2,3)4)16-22(29-18)20-14-13-19(17-27)15-21(20)28-8/h13-15,18,22-24H,16H2,1-12H3/t18-,22-,23-,24-/m1/s1. The summed E-state index contributed by atoms with van der Waals surface area (Å²) in [7, 11) is -2.44. The van der Waals surface area contributed by atoms with E-state index in [1.807, 2.05) is 12.1 Å². The van der Waals surface area contributed by atoms with E-state index in [-0.39, 0.29) is 34.5 Å². The van der Waals surface area contributed by atoms with Crippen LogP contribution in [0.3, 0.4) is 0 Å². The van der Waals surface area contributed by atoms with Gasteiger partial charge in [0.15, 0.2) is 16.6 Å². The number of nitriles is 1. The minimum Gasteiger partial charge on any atom is -0.496 e. The first-order valence-corrected chi connectivity index (χ1v) is 17.8. The van der Waals surface area contributed by atoms with E-state index in [1.165, 1.54) is 0 Å². The molecule has 4 atom stereocenters. The maximum Gasteiger partial charge on any atom is 0.192 e. The van der Waals surface area contributed by atoms with Crippen LogP contribution in [0, 0.1) is 11.3 Å². The third kappa shape index (κ3) is 6.29. The molecule has 5 nitrogen and oxygen atoms in total. The second-order valence-electron chi connectivity index (χ2n) is 12.4. The number of rotatable bonds is 6. The predicted octanol–water partition coefficient (Wildman–Crippen LogP) is 7.20. The van der Waals surface area contributed by atoms with Gasteiger partial charge in [-0.3, -0.25) is 0 Å². The summed E-state index contributed by atoms with van der Waals surface area (Å²) < 4.78 is 26.1. The Morgan fingerprint density at radius 3 is 2.00 bits per heavy atom. The smallest absolute Gasteiger partial charge is 0.192 e. The SMILES string of the molecule is COc1cc(C#N)ccc1[C@H]1C[C@@H](O[Si](C)(C)C(C)(C)C)[C@H](O[Si](C)(C)C(C)(C)C)[C@@H](C)O1.